The highest BCUT2D eigenvalue weighted by Crippen LogP contribution is 2.41. The number of hydrogen-bond donors (Lipinski definition) is 0. The molecule has 4 nitrogen and oxygen atoms in total. The summed E-state index contributed by atoms with van der Waals surface area (Å²) in [7, 11) is 1.68. The highest BCUT2D eigenvalue weighted by Gasteiger charge is 2.23. The number of ether oxygens (including phenoxy) is 1. The van der Waals surface area contributed by atoms with Gasteiger partial charge in [0.1, 0.15) is 12.0 Å². The number of benzene rings is 1. The van der Waals surface area contributed by atoms with E-state index in [4.69, 9.17) is 4.74 Å². The number of hydrogen-bond acceptors (Lipinski definition) is 3. The molecule has 0 spiro atoms. The summed E-state index contributed by atoms with van der Waals surface area (Å²) >= 11 is 0. The van der Waals surface area contributed by atoms with Gasteiger partial charge in [0, 0.05) is 36.8 Å². The van der Waals surface area contributed by atoms with Gasteiger partial charge in [-0.25, -0.2) is 4.39 Å². The maximum absolute atomic E-state index is 13.5. The highest BCUT2D eigenvalue weighted by atomic mass is 19.1. The van der Waals surface area contributed by atoms with Gasteiger partial charge in [0.05, 0.1) is 16.7 Å². The molecule has 130 valence electrons. The van der Waals surface area contributed by atoms with Gasteiger partial charge in [-0.3, -0.25) is 9.97 Å². The molecule has 3 aromatic heterocycles. The molecule has 26 heavy (non-hydrogen) atoms. The fourth-order valence-corrected chi connectivity index (χ4v) is 3.30. The monoisotopic (exact) mass is 347 g/mol. The van der Waals surface area contributed by atoms with E-state index in [1.807, 2.05) is 31.2 Å². The van der Waals surface area contributed by atoms with Crippen molar-refractivity contribution >= 4 is 11.0 Å². The summed E-state index contributed by atoms with van der Waals surface area (Å²) < 4.78 is 21.2. The van der Waals surface area contributed by atoms with Crippen molar-refractivity contribution in [2.45, 2.75) is 13.2 Å². The van der Waals surface area contributed by atoms with Crippen molar-refractivity contribution in [1.82, 2.24) is 14.5 Å². The van der Waals surface area contributed by atoms with Crippen LogP contribution in [0, 0.1) is 5.82 Å². The molecule has 0 aliphatic rings. The molecule has 4 rings (SSSR count). The smallest absolute Gasteiger partial charge is 0.131 e. The zero-order chi connectivity index (χ0) is 18.1. The lowest BCUT2D eigenvalue weighted by molar-refractivity contribution is 0.0655. The van der Waals surface area contributed by atoms with Gasteiger partial charge in [-0.2, -0.15) is 0 Å². The average molecular weight is 347 g/mol. The summed E-state index contributed by atoms with van der Waals surface area (Å²) in [4.78, 5) is 8.75. The van der Waals surface area contributed by atoms with Gasteiger partial charge in [-0.1, -0.05) is 12.1 Å². The van der Waals surface area contributed by atoms with Crippen molar-refractivity contribution in [1.29, 1.82) is 0 Å². The molecule has 0 aliphatic carbocycles. The number of nitrogens with zero attached hydrogens (tertiary/aromatic N) is 3. The van der Waals surface area contributed by atoms with Gasteiger partial charge < -0.3 is 9.30 Å². The minimum Gasteiger partial charge on any atom is -0.362 e. The number of methoxy groups -OCH3 is 1. The Morgan fingerprint density at radius 2 is 1.69 bits per heavy atom. The van der Waals surface area contributed by atoms with Crippen LogP contribution >= 0.6 is 0 Å². The average Bonchev–Trinajstić information content (AvgIpc) is 3.04. The van der Waals surface area contributed by atoms with Crippen LogP contribution in [0.15, 0.2) is 67.1 Å². The third kappa shape index (κ3) is 2.66. The van der Waals surface area contributed by atoms with E-state index in [1.165, 1.54) is 12.1 Å². The first-order valence-electron chi connectivity index (χ1n) is 8.38. The summed E-state index contributed by atoms with van der Waals surface area (Å²) in [6.45, 7) is 1.99. The lowest BCUT2D eigenvalue weighted by atomic mass is 10.0. The molecule has 0 N–H and O–H groups in total. The number of fused-ring (bicyclic) bond motifs is 1. The first kappa shape index (κ1) is 16.4. The largest absolute Gasteiger partial charge is 0.362 e. The molecule has 1 aromatic carbocycles. The lowest BCUT2D eigenvalue weighted by Gasteiger charge is -2.18. The van der Waals surface area contributed by atoms with Gasteiger partial charge in [0.25, 0.3) is 0 Å². The standard InChI is InChI=1S/C21H18FN3O/c1-14(26-2)25-18-4-3-11-24-20(18)19(15-5-7-17(22)8-6-15)21(25)16-9-12-23-13-10-16/h3-14H,1-2H3. The van der Waals surface area contributed by atoms with E-state index in [2.05, 4.69) is 14.5 Å². The number of pyridine rings is 2. The molecule has 0 aliphatic heterocycles. The predicted octanol–water partition coefficient (Wildman–Crippen LogP) is 5.07. The van der Waals surface area contributed by atoms with Crippen molar-refractivity contribution in [2.24, 2.45) is 0 Å². The van der Waals surface area contributed by atoms with Crippen LogP contribution in [0.5, 0.6) is 0 Å². The molecular weight excluding hydrogens is 329 g/mol. The first-order valence-corrected chi connectivity index (χ1v) is 8.38. The Morgan fingerprint density at radius 1 is 0.962 bits per heavy atom. The molecule has 3 heterocycles. The molecule has 1 unspecified atom stereocenters. The van der Waals surface area contributed by atoms with Crippen LogP contribution in [0.1, 0.15) is 13.2 Å². The molecule has 0 amide bonds. The van der Waals surface area contributed by atoms with Crippen molar-refractivity contribution in [3.8, 4) is 22.4 Å². The Hall–Kier alpha value is -3.05. The van der Waals surface area contributed by atoms with Crippen molar-refractivity contribution < 1.29 is 9.13 Å². The van der Waals surface area contributed by atoms with E-state index in [0.717, 1.165) is 33.4 Å². The summed E-state index contributed by atoms with van der Waals surface area (Å²) in [5, 5.41) is 0. The molecular formula is C21H18FN3O. The third-order valence-electron chi connectivity index (χ3n) is 4.55. The second-order valence-corrected chi connectivity index (χ2v) is 6.04. The van der Waals surface area contributed by atoms with Crippen molar-refractivity contribution in [3.05, 3.63) is 72.9 Å². The summed E-state index contributed by atoms with van der Waals surface area (Å²) in [5.41, 5.74) is 5.66. The quantitative estimate of drug-likeness (QED) is 0.517. The molecule has 1 atom stereocenters. The zero-order valence-electron chi connectivity index (χ0n) is 14.6. The third-order valence-corrected chi connectivity index (χ3v) is 4.55. The Balaban J connectivity index is 2.14. The minimum absolute atomic E-state index is 0.195. The van der Waals surface area contributed by atoms with Crippen LogP contribution in [0.4, 0.5) is 4.39 Å². The summed E-state index contributed by atoms with van der Waals surface area (Å²) in [6.07, 6.45) is 5.10. The van der Waals surface area contributed by atoms with Gasteiger partial charge >= 0.3 is 0 Å². The van der Waals surface area contributed by atoms with Gasteiger partial charge in [-0.15, -0.1) is 0 Å². The summed E-state index contributed by atoms with van der Waals surface area (Å²) in [5.74, 6) is -0.263. The predicted molar refractivity (Wildman–Crippen MR) is 100 cm³/mol. The van der Waals surface area contributed by atoms with Gasteiger partial charge in [0.2, 0.25) is 0 Å². The lowest BCUT2D eigenvalue weighted by Crippen LogP contribution is -2.08. The van der Waals surface area contributed by atoms with E-state index in [0.29, 0.717) is 0 Å². The molecule has 0 saturated carbocycles. The van der Waals surface area contributed by atoms with Crippen LogP contribution < -0.4 is 0 Å². The Morgan fingerprint density at radius 3 is 2.38 bits per heavy atom. The second-order valence-electron chi connectivity index (χ2n) is 6.04. The van der Waals surface area contributed by atoms with E-state index in [-0.39, 0.29) is 12.0 Å². The maximum atomic E-state index is 13.5. The molecule has 0 bridgehead atoms. The number of rotatable bonds is 4. The van der Waals surface area contributed by atoms with E-state index >= 15 is 0 Å². The van der Waals surface area contributed by atoms with E-state index in [1.54, 1.807) is 37.8 Å². The molecule has 0 radical (unpaired) electrons. The fraction of sp³-hybridized carbons (Fsp3) is 0.143. The van der Waals surface area contributed by atoms with E-state index in [9.17, 15) is 4.39 Å². The molecule has 5 heteroatoms. The van der Waals surface area contributed by atoms with Gasteiger partial charge in [-0.05, 0) is 48.9 Å². The van der Waals surface area contributed by atoms with E-state index < -0.39 is 0 Å². The number of aromatic nitrogens is 3. The zero-order valence-corrected chi connectivity index (χ0v) is 14.6. The minimum atomic E-state index is -0.263. The maximum Gasteiger partial charge on any atom is 0.131 e. The van der Waals surface area contributed by atoms with Crippen molar-refractivity contribution in [3.63, 3.8) is 0 Å². The highest BCUT2D eigenvalue weighted by molar-refractivity contribution is 6.02. The Kier molecular flexibility index (Phi) is 4.22. The Bertz CT molecular complexity index is 1040. The normalized spacial score (nSPS) is 12.4. The Labute approximate surface area is 150 Å². The SMILES string of the molecule is COC(C)n1c(-c2ccncc2)c(-c2ccc(F)cc2)c2ncccc21. The second kappa shape index (κ2) is 6.69. The van der Waals surface area contributed by atoms with Crippen LogP contribution in [-0.4, -0.2) is 21.6 Å². The molecule has 4 aromatic rings. The molecule has 0 fully saturated rings. The fourth-order valence-electron chi connectivity index (χ4n) is 3.30. The first-order chi connectivity index (χ1) is 12.7. The summed E-state index contributed by atoms with van der Waals surface area (Å²) in [6, 6.07) is 14.4. The molecule has 0 saturated heterocycles. The van der Waals surface area contributed by atoms with Crippen LogP contribution in [0.25, 0.3) is 33.4 Å². The number of halogens is 1. The van der Waals surface area contributed by atoms with Gasteiger partial charge in [0.15, 0.2) is 0 Å². The topological polar surface area (TPSA) is 39.9 Å². The van der Waals surface area contributed by atoms with Crippen molar-refractivity contribution in [2.75, 3.05) is 7.11 Å². The van der Waals surface area contributed by atoms with Crippen LogP contribution in [-0.2, 0) is 4.74 Å². The van der Waals surface area contributed by atoms with Crippen LogP contribution in [0.2, 0.25) is 0 Å². The van der Waals surface area contributed by atoms with Crippen LogP contribution in [0.3, 0.4) is 0 Å².